The summed E-state index contributed by atoms with van der Waals surface area (Å²) in [6.07, 6.45) is 2.24. The Morgan fingerprint density at radius 3 is 2.75 bits per heavy atom. The zero-order chi connectivity index (χ0) is 11.0. The van der Waals surface area contributed by atoms with Gasteiger partial charge in [-0.15, -0.1) is 11.3 Å². The van der Waals surface area contributed by atoms with Gasteiger partial charge >= 0.3 is 0 Å². The van der Waals surface area contributed by atoms with E-state index in [-0.39, 0.29) is 5.91 Å². The van der Waals surface area contributed by atoms with Gasteiger partial charge < -0.3 is 4.90 Å². The van der Waals surface area contributed by atoms with Crippen LogP contribution in [0.1, 0.15) is 22.6 Å². The Balaban J connectivity index is 1.96. The second kappa shape index (κ2) is 3.87. The molecular formula is C12H12N2OS. The molecule has 1 amide bonds. The maximum atomic E-state index is 12.1. The van der Waals surface area contributed by atoms with Crippen molar-refractivity contribution in [2.75, 3.05) is 13.1 Å². The van der Waals surface area contributed by atoms with Gasteiger partial charge in [0.1, 0.15) is 0 Å². The molecule has 1 fully saturated rings. The summed E-state index contributed by atoms with van der Waals surface area (Å²) in [4.78, 5) is 18.4. The molecule has 3 rings (SSSR count). The Labute approximate surface area is 97.7 Å². The first-order valence-electron chi connectivity index (χ1n) is 5.49. The molecule has 0 N–H and O–H groups in total. The summed E-state index contributed by atoms with van der Waals surface area (Å²) in [5, 5.41) is 0.628. The topological polar surface area (TPSA) is 33.2 Å². The number of thiazole rings is 1. The molecule has 1 aliphatic heterocycles. The van der Waals surface area contributed by atoms with E-state index in [1.165, 1.54) is 11.3 Å². The van der Waals surface area contributed by atoms with Crippen molar-refractivity contribution in [3.63, 3.8) is 0 Å². The molecule has 1 aromatic heterocycles. The monoisotopic (exact) mass is 232 g/mol. The third kappa shape index (κ3) is 1.59. The summed E-state index contributed by atoms with van der Waals surface area (Å²) in [6, 6.07) is 7.89. The standard InChI is InChI=1S/C12H12N2OS/c15-12(14-7-3-4-8-14)11-13-9-5-1-2-6-10(9)16-11/h1-2,5-6H,3-4,7-8H2. The van der Waals surface area contributed by atoms with Gasteiger partial charge in [0.25, 0.3) is 5.91 Å². The number of carbonyl (C=O) groups excluding carboxylic acids is 1. The normalized spacial score (nSPS) is 15.9. The average molecular weight is 232 g/mol. The van der Waals surface area contributed by atoms with Gasteiger partial charge in [-0.2, -0.15) is 0 Å². The summed E-state index contributed by atoms with van der Waals surface area (Å²) in [6.45, 7) is 1.77. The predicted molar refractivity (Wildman–Crippen MR) is 64.8 cm³/mol. The van der Waals surface area contributed by atoms with E-state index in [1.54, 1.807) is 0 Å². The first-order chi connectivity index (χ1) is 7.84. The lowest BCUT2D eigenvalue weighted by Gasteiger charge is -2.12. The molecule has 0 spiro atoms. The van der Waals surface area contributed by atoms with Gasteiger partial charge in [0.2, 0.25) is 0 Å². The molecule has 0 radical (unpaired) electrons. The third-order valence-corrected chi connectivity index (χ3v) is 3.89. The van der Waals surface area contributed by atoms with Crippen LogP contribution >= 0.6 is 11.3 Å². The molecule has 82 valence electrons. The average Bonchev–Trinajstić information content (AvgIpc) is 2.97. The highest BCUT2D eigenvalue weighted by molar-refractivity contribution is 7.20. The lowest BCUT2D eigenvalue weighted by Crippen LogP contribution is -2.27. The number of carbonyl (C=O) groups is 1. The minimum Gasteiger partial charge on any atom is -0.337 e. The van der Waals surface area contributed by atoms with Crippen LogP contribution in [0.15, 0.2) is 24.3 Å². The SMILES string of the molecule is O=C(c1nc2ccccc2s1)N1CCCC1. The molecule has 16 heavy (non-hydrogen) atoms. The Hall–Kier alpha value is -1.42. The van der Waals surface area contributed by atoms with E-state index in [0.29, 0.717) is 5.01 Å². The molecule has 0 atom stereocenters. The van der Waals surface area contributed by atoms with E-state index >= 15 is 0 Å². The lowest BCUT2D eigenvalue weighted by molar-refractivity contribution is 0.0792. The molecule has 1 saturated heterocycles. The van der Waals surface area contributed by atoms with Crippen LogP contribution in [0.5, 0.6) is 0 Å². The zero-order valence-corrected chi connectivity index (χ0v) is 9.67. The summed E-state index contributed by atoms with van der Waals surface area (Å²) in [5.41, 5.74) is 0.926. The summed E-state index contributed by atoms with van der Waals surface area (Å²) in [5.74, 6) is 0.0960. The summed E-state index contributed by atoms with van der Waals surface area (Å²) >= 11 is 1.49. The molecule has 0 saturated carbocycles. The first-order valence-corrected chi connectivity index (χ1v) is 6.31. The molecule has 4 heteroatoms. The van der Waals surface area contributed by atoms with Crippen molar-refractivity contribution >= 4 is 27.5 Å². The van der Waals surface area contributed by atoms with Crippen LogP contribution in [0.3, 0.4) is 0 Å². The van der Waals surface area contributed by atoms with Crippen LogP contribution in [0.2, 0.25) is 0 Å². The zero-order valence-electron chi connectivity index (χ0n) is 8.85. The van der Waals surface area contributed by atoms with Crippen molar-refractivity contribution in [3.8, 4) is 0 Å². The summed E-state index contributed by atoms with van der Waals surface area (Å²) < 4.78 is 1.09. The van der Waals surface area contributed by atoms with Crippen molar-refractivity contribution < 1.29 is 4.79 Å². The highest BCUT2D eigenvalue weighted by Crippen LogP contribution is 2.23. The van der Waals surface area contributed by atoms with Crippen molar-refractivity contribution in [2.45, 2.75) is 12.8 Å². The number of aromatic nitrogens is 1. The fourth-order valence-corrected chi connectivity index (χ4v) is 2.95. The molecule has 0 aliphatic carbocycles. The van der Waals surface area contributed by atoms with Crippen LogP contribution in [-0.2, 0) is 0 Å². The molecular weight excluding hydrogens is 220 g/mol. The number of benzene rings is 1. The highest BCUT2D eigenvalue weighted by Gasteiger charge is 2.22. The van der Waals surface area contributed by atoms with Crippen LogP contribution in [0, 0.1) is 0 Å². The van der Waals surface area contributed by atoms with Crippen molar-refractivity contribution in [3.05, 3.63) is 29.3 Å². The van der Waals surface area contributed by atoms with Gasteiger partial charge in [-0.25, -0.2) is 4.98 Å². The second-order valence-electron chi connectivity index (χ2n) is 3.99. The number of amides is 1. The number of fused-ring (bicyclic) bond motifs is 1. The lowest BCUT2D eigenvalue weighted by atomic mass is 10.3. The van der Waals surface area contributed by atoms with Gasteiger partial charge in [-0.05, 0) is 25.0 Å². The number of hydrogen-bond donors (Lipinski definition) is 0. The molecule has 2 heterocycles. The van der Waals surface area contributed by atoms with Gasteiger partial charge in [0, 0.05) is 13.1 Å². The highest BCUT2D eigenvalue weighted by atomic mass is 32.1. The van der Waals surface area contributed by atoms with E-state index < -0.39 is 0 Å². The second-order valence-corrected chi connectivity index (χ2v) is 5.02. The Kier molecular flexibility index (Phi) is 2.36. The largest absolute Gasteiger partial charge is 0.337 e. The number of para-hydroxylation sites is 1. The smallest absolute Gasteiger partial charge is 0.282 e. The Morgan fingerprint density at radius 1 is 1.25 bits per heavy atom. The molecule has 0 unspecified atom stereocenters. The fraction of sp³-hybridized carbons (Fsp3) is 0.333. The predicted octanol–water partition coefficient (Wildman–Crippen LogP) is 2.53. The van der Waals surface area contributed by atoms with Gasteiger partial charge in [-0.3, -0.25) is 4.79 Å². The van der Waals surface area contributed by atoms with Crippen molar-refractivity contribution in [1.82, 2.24) is 9.88 Å². The van der Waals surface area contributed by atoms with E-state index in [4.69, 9.17) is 0 Å². The molecule has 1 aliphatic rings. The number of nitrogens with zero attached hydrogens (tertiary/aromatic N) is 2. The van der Waals surface area contributed by atoms with Gasteiger partial charge in [0.15, 0.2) is 5.01 Å². The Bertz CT molecular complexity index is 496. The number of hydrogen-bond acceptors (Lipinski definition) is 3. The van der Waals surface area contributed by atoms with Crippen LogP contribution in [0.25, 0.3) is 10.2 Å². The molecule has 1 aromatic carbocycles. The fourth-order valence-electron chi connectivity index (χ4n) is 2.02. The van der Waals surface area contributed by atoms with Crippen LogP contribution < -0.4 is 0 Å². The molecule has 0 bridgehead atoms. The minimum atomic E-state index is 0.0960. The molecule has 2 aromatic rings. The Morgan fingerprint density at radius 2 is 2.00 bits per heavy atom. The van der Waals surface area contributed by atoms with Gasteiger partial charge in [-0.1, -0.05) is 12.1 Å². The maximum Gasteiger partial charge on any atom is 0.282 e. The van der Waals surface area contributed by atoms with Crippen LogP contribution in [0.4, 0.5) is 0 Å². The van der Waals surface area contributed by atoms with E-state index in [9.17, 15) is 4.79 Å². The summed E-state index contributed by atoms with van der Waals surface area (Å²) in [7, 11) is 0. The number of rotatable bonds is 1. The van der Waals surface area contributed by atoms with Gasteiger partial charge in [0.05, 0.1) is 10.2 Å². The van der Waals surface area contributed by atoms with Crippen molar-refractivity contribution in [2.24, 2.45) is 0 Å². The third-order valence-electron chi connectivity index (χ3n) is 2.87. The quantitative estimate of drug-likeness (QED) is 0.757. The number of likely N-dealkylation sites (tertiary alicyclic amines) is 1. The molecule has 3 nitrogen and oxygen atoms in total. The van der Waals surface area contributed by atoms with Crippen molar-refractivity contribution in [1.29, 1.82) is 0 Å². The van der Waals surface area contributed by atoms with E-state index in [0.717, 1.165) is 36.1 Å². The van der Waals surface area contributed by atoms with Crippen LogP contribution in [-0.4, -0.2) is 28.9 Å². The minimum absolute atomic E-state index is 0.0960. The van der Waals surface area contributed by atoms with E-state index in [2.05, 4.69) is 4.98 Å². The first kappa shape index (κ1) is 9.78. The maximum absolute atomic E-state index is 12.1. The van der Waals surface area contributed by atoms with E-state index in [1.807, 2.05) is 29.2 Å².